The van der Waals surface area contributed by atoms with Gasteiger partial charge in [-0.15, -0.1) is 4.91 Å². The van der Waals surface area contributed by atoms with E-state index in [0.717, 1.165) is 17.1 Å². The van der Waals surface area contributed by atoms with Crippen molar-refractivity contribution in [3.63, 3.8) is 0 Å². The summed E-state index contributed by atoms with van der Waals surface area (Å²) < 4.78 is 13.3. The maximum atomic E-state index is 13.3. The van der Waals surface area contributed by atoms with Crippen LogP contribution in [0.25, 0.3) is 11.3 Å². The van der Waals surface area contributed by atoms with Gasteiger partial charge in [-0.25, -0.2) is 19.4 Å². The summed E-state index contributed by atoms with van der Waals surface area (Å²) in [6.45, 7) is 5.85. The first kappa shape index (κ1) is 22.7. The van der Waals surface area contributed by atoms with E-state index < -0.39 is 5.91 Å². The fourth-order valence-corrected chi connectivity index (χ4v) is 4.20. The molecule has 1 amide bonds. The van der Waals surface area contributed by atoms with E-state index in [4.69, 9.17) is 11.6 Å². The second-order valence-electron chi connectivity index (χ2n) is 7.90. The molecule has 0 radical (unpaired) electrons. The van der Waals surface area contributed by atoms with Crippen LogP contribution in [0, 0.1) is 17.6 Å². The summed E-state index contributed by atoms with van der Waals surface area (Å²) in [5, 5.41) is 2.95. The van der Waals surface area contributed by atoms with Crippen LogP contribution in [0.2, 0.25) is 0 Å². The van der Waals surface area contributed by atoms with Gasteiger partial charge in [0.1, 0.15) is 23.3 Å². The van der Waals surface area contributed by atoms with E-state index in [1.165, 1.54) is 18.3 Å². The van der Waals surface area contributed by atoms with Crippen LogP contribution in [0.4, 0.5) is 10.2 Å². The minimum Gasteiger partial charge on any atom is -0.352 e. The van der Waals surface area contributed by atoms with Gasteiger partial charge in [-0.2, -0.15) is 0 Å². The van der Waals surface area contributed by atoms with Crippen molar-refractivity contribution in [2.45, 2.75) is 26.3 Å². The number of carbonyl (C=O) groups is 1. The number of benzene rings is 1. The summed E-state index contributed by atoms with van der Waals surface area (Å²) in [7, 11) is 0. The number of rotatable bonds is 4. The van der Waals surface area contributed by atoms with E-state index in [9.17, 15) is 14.1 Å². The third-order valence-corrected chi connectivity index (χ3v) is 5.91. The standard InChI is InChI=1S/C23H22ClFN6O2/c1-14-13-30(22-19(24)8-5-17(12-26-22)23(32)29-33)9-10-31(14)21-11-20(27-15(2)28-21)16-3-6-18(25)7-4-16/h3-7,11-12,14H,8-10,13H2,1-2H3. The molecule has 8 nitrogen and oxygen atoms in total. The third kappa shape index (κ3) is 4.98. The van der Waals surface area contributed by atoms with Crippen LogP contribution in [-0.4, -0.2) is 52.7 Å². The highest BCUT2D eigenvalue weighted by Crippen LogP contribution is 2.28. The molecule has 1 fully saturated rings. The lowest BCUT2D eigenvalue weighted by molar-refractivity contribution is -0.114. The molecule has 1 aromatic heterocycles. The molecular formula is C23H22ClFN6O2. The van der Waals surface area contributed by atoms with Crippen molar-refractivity contribution < 1.29 is 9.18 Å². The maximum absolute atomic E-state index is 13.3. The summed E-state index contributed by atoms with van der Waals surface area (Å²) >= 11 is 6.45. The summed E-state index contributed by atoms with van der Waals surface area (Å²) in [5.74, 6) is 0.855. The Hall–Kier alpha value is -3.46. The largest absolute Gasteiger partial charge is 0.352 e. The molecule has 0 N–H and O–H groups in total. The summed E-state index contributed by atoms with van der Waals surface area (Å²) in [6, 6.07) is 8.23. The Morgan fingerprint density at radius 2 is 1.97 bits per heavy atom. The van der Waals surface area contributed by atoms with Gasteiger partial charge in [0.25, 0.3) is 0 Å². The van der Waals surface area contributed by atoms with Crippen molar-refractivity contribution in [1.82, 2.24) is 14.9 Å². The summed E-state index contributed by atoms with van der Waals surface area (Å²) in [6.07, 6.45) is 3.20. The molecule has 1 saturated heterocycles. The molecule has 0 aliphatic carbocycles. The van der Waals surface area contributed by atoms with Gasteiger partial charge >= 0.3 is 5.91 Å². The van der Waals surface area contributed by atoms with E-state index in [0.29, 0.717) is 42.7 Å². The number of anilines is 1. The van der Waals surface area contributed by atoms with Crippen LogP contribution >= 0.6 is 11.6 Å². The highest BCUT2D eigenvalue weighted by Gasteiger charge is 2.28. The number of aliphatic imine (C=N–C) groups is 1. The molecule has 0 spiro atoms. The number of nitrogens with zero attached hydrogens (tertiary/aromatic N) is 6. The van der Waals surface area contributed by atoms with Crippen molar-refractivity contribution in [2.75, 3.05) is 24.5 Å². The Kier molecular flexibility index (Phi) is 6.60. The molecule has 1 atom stereocenters. The molecule has 0 bridgehead atoms. The average molecular weight is 469 g/mol. The highest BCUT2D eigenvalue weighted by atomic mass is 35.5. The summed E-state index contributed by atoms with van der Waals surface area (Å²) in [5.41, 5.74) is 1.69. The normalized spacial score (nSPS) is 18.8. The molecule has 1 unspecified atom stereocenters. The van der Waals surface area contributed by atoms with Gasteiger partial charge in [0.15, 0.2) is 0 Å². The third-order valence-electron chi connectivity index (χ3n) is 5.59. The molecule has 10 heteroatoms. The van der Waals surface area contributed by atoms with Gasteiger partial charge in [-0.3, -0.25) is 4.79 Å². The van der Waals surface area contributed by atoms with Crippen LogP contribution in [0.1, 0.15) is 19.2 Å². The van der Waals surface area contributed by atoms with Gasteiger partial charge in [0, 0.05) is 55.1 Å². The monoisotopic (exact) mass is 468 g/mol. The molecule has 3 heterocycles. The average Bonchev–Trinajstić information content (AvgIpc) is 3.00. The molecule has 33 heavy (non-hydrogen) atoms. The lowest BCUT2D eigenvalue weighted by atomic mass is 10.1. The number of allylic oxidation sites excluding steroid dienone is 2. The van der Waals surface area contributed by atoms with Gasteiger partial charge in [0.2, 0.25) is 0 Å². The zero-order valence-corrected chi connectivity index (χ0v) is 19.0. The first-order valence-electron chi connectivity index (χ1n) is 10.5. The van der Waals surface area contributed by atoms with Crippen molar-refractivity contribution >= 4 is 29.5 Å². The molecule has 2 aliphatic heterocycles. The predicted octanol–water partition coefficient (Wildman–Crippen LogP) is 4.20. The van der Waals surface area contributed by atoms with E-state index in [1.54, 1.807) is 18.2 Å². The zero-order chi connectivity index (χ0) is 23.5. The smallest absolute Gasteiger partial charge is 0.318 e. The van der Waals surface area contributed by atoms with Crippen LogP contribution in [0.3, 0.4) is 0 Å². The second kappa shape index (κ2) is 9.58. The first-order chi connectivity index (χ1) is 15.9. The van der Waals surface area contributed by atoms with E-state index in [2.05, 4.69) is 36.9 Å². The number of hydrogen-bond acceptors (Lipinski definition) is 7. The van der Waals surface area contributed by atoms with Crippen LogP contribution in [0.15, 0.2) is 63.0 Å². The van der Waals surface area contributed by atoms with Crippen molar-refractivity contribution in [1.29, 1.82) is 0 Å². The fourth-order valence-electron chi connectivity index (χ4n) is 3.95. The van der Waals surface area contributed by atoms with Crippen LogP contribution in [-0.2, 0) is 4.79 Å². The number of aryl methyl sites for hydroxylation is 1. The lowest BCUT2D eigenvalue weighted by Gasteiger charge is -2.41. The number of halogens is 2. The second-order valence-corrected chi connectivity index (χ2v) is 8.36. The van der Waals surface area contributed by atoms with Gasteiger partial charge in [-0.05, 0) is 38.1 Å². The number of nitroso groups, excluding NO2 is 1. The van der Waals surface area contributed by atoms with Crippen LogP contribution in [0.5, 0.6) is 0 Å². The van der Waals surface area contributed by atoms with E-state index in [-0.39, 0.29) is 17.4 Å². The summed E-state index contributed by atoms with van der Waals surface area (Å²) in [4.78, 5) is 39.9. The van der Waals surface area contributed by atoms with Crippen LogP contribution < -0.4 is 4.90 Å². The number of amides is 1. The molecular weight excluding hydrogens is 447 g/mol. The topological polar surface area (TPSA) is 91.1 Å². The van der Waals surface area contributed by atoms with Gasteiger partial charge in [0.05, 0.1) is 16.3 Å². The Morgan fingerprint density at radius 1 is 1.21 bits per heavy atom. The quantitative estimate of drug-likeness (QED) is 0.624. The van der Waals surface area contributed by atoms with Gasteiger partial charge < -0.3 is 9.80 Å². The van der Waals surface area contributed by atoms with Crippen molar-refractivity contribution in [3.05, 3.63) is 69.4 Å². The maximum Gasteiger partial charge on any atom is 0.318 e. The number of hydrogen-bond donors (Lipinski definition) is 0. The molecule has 1 aromatic carbocycles. The molecule has 0 saturated carbocycles. The lowest BCUT2D eigenvalue weighted by Crippen LogP contribution is -2.51. The van der Waals surface area contributed by atoms with E-state index >= 15 is 0 Å². The zero-order valence-electron chi connectivity index (χ0n) is 18.2. The Bertz CT molecular complexity index is 1180. The predicted molar refractivity (Wildman–Crippen MR) is 125 cm³/mol. The fraction of sp³-hybridized carbons (Fsp3) is 0.304. The minimum absolute atomic E-state index is 0.0789. The van der Waals surface area contributed by atoms with Crippen molar-refractivity contribution in [3.8, 4) is 11.3 Å². The van der Waals surface area contributed by atoms with Crippen molar-refractivity contribution in [2.24, 2.45) is 10.2 Å². The molecule has 170 valence electrons. The number of aromatic nitrogens is 2. The molecule has 2 aliphatic rings. The highest BCUT2D eigenvalue weighted by molar-refractivity contribution is 6.30. The molecule has 4 rings (SSSR count). The van der Waals surface area contributed by atoms with Gasteiger partial charge in [-0.1, -0.05) is 17.7 Å². The Morgan fingerprint density at radius 3 is 2.67 bits per heavy atom. The van der Waals surface area contributed by atoms with E-state index in [1.807, 2.05) is 13.0 Å². The number of carbonyl (C=O) groups excluding carboxylic acids is 1. The SMILES string of the molecule is Cc1nc(-c2ccc(F)cc2)cc(N2CCN(C3=C(Cl)CC=C(C(=O)N=O)C=N3)CC2C)n1. The Balaban J connectivity index is 1.53. The number of piperazine rings is 1. The first-order valence-corrected chi connectivity index (χ1v) is 10.9. The molecule has 2 aromatic rings. The Labute approximate surface area is 195 Å². The minimum atomic E-state index is -0.862.